The van der Waals surface area contributed by atoms with Crippen molar-refractivity contribution in [1.29, 1.82) is 0 Å². The van der Waals surface area contributed by atoms with Crippen molar-refractivity contribution in [3.63, 3.8) is 0 Å². The van der Waals surface area contributed by atoms with Crippen LogP contribution in [0.1, 0.15) is 42.7 Å². The molecule has 0 saturated carbocycles. The Morgan fingerprint density at radius 1 is 1.12 bits per heavy atom. The zero-order chi connectivity index (χ0) is 18.4. The van der Waals surface area contributed by atoms with Gasteiger partial charge in [-0.25, -0.2) is 9.97 Å². The quantitative estimate of drug-likeness (QED) is 0.799. The largest absolute Gasteiger partial charge is 0.341 e. The number of piperidine rings is 1. The second-order valence-corrected chi connectivity index (χ2v) is 6.84. The number of anilines is 1. The van der Waals surface area contributed by atoms with Crippen molar-refractivity contribution < 1.29 is 4.79 Å². The Balaban J connectivity index is 1.61. The Hall–Kier alpha value is -2.43. The monoisotopic (exact) mass is 352 g/mol. The molecule has 0 spiro atoms. The number of hydrogen-bond donors (Lipinski definition) is 0. The molecule has 1 aromatic heterocycles. The van der Waals surface area contributed by atoms with E-state index in [1.807, 2.05) is 13.8 Å². The molecule has 1 amide bonds. The molecular weight excluding hydrogens is 324 g/mol. The number of rotatable bonds is 6. The summed E-state index contributed by atoms with van der Waals surface area (Å²) >= 11 is 0. The van der Waals surface area contributed by atoms with Gasteiger partial charge in [0.15, 0.2) is 0 Å². The van der Waals surface area contributed by atoms with Gasteiger partial charge >= 0.3 is 0 Å². The van der Waals surface area contributed by atoms with Crippen LogP contribution in [0.4, 0.5) is 5.95 Å². The first-order valence-electron chi connectivity index (χ1n) is 9.62. The lowest BCUT2D eigenvalue weighted by atomic mass is 9.90. The Morgan fingerprint density at radius 2 is 1.81 bits per heavy atom. The van der Waals surface area contributed by atoms with E-state index in [0.29, 0.717) is 30.6 Å². The molecule has 1 saturated heterocycles. The molecule has 2 heterocycles. The zero-order valence-corrected chi connectivity index (χ0v) is 15.8. The van der Waals surface area contributed by atoms with Gasteiger partial charge in [0, 0.05) is 32.4 Å². The molecule has 1 fully saturated rings. The summed E-state index contributed by atoms with van der Waals surface area (Å²) < 4.78 is 0. The first kappa shape index (κ1) is 18.4. The van der Waals surface area contributed by atoms with Crippen LogP contribution in [-0.2, 0) is 6.42 Å². The molecular formula is C21H28N4O. The standard InChI is InChI=1S/C21H28N4O/c1-3-24(4-2)20(26)19-10-13-22-21(23-19)25-14-11-18(12-15-25)16-17-8-6-5-7-9-17/h5-10,13,18H,3-4,11-12,14-16H2,1-2H3. The third-order valence-corrected chi connectivity index (χ3v) is 5.18. The molecule has 0 atom stereocenters. The summed E-state index contributed by atoms with van der Waals surface area (Å²) in [6.07, 6.45) is 5.10. The lowest BCUT2D eigenvalue weighted by Gasteiger charge is -2.32. The summed E-state index contributed by atoms with van der Waals surface area (Å²) in [6, 6.07) is 12.4. The SMILES string of the molecule is CCN(CC)C(=O)c1ccnc(N2CCC(Cc3ccccc3)CC2)n1. The number of aromatic nitrogens is 2. The molecule has 0 N–H and O–H groups in total. The van der Waals surface area contributed by atoms with Gasteiger partial charge in [0.25, 0.3) is 5.91 Å². The lowest BCUT2D eigenvalue weighted by molar-refractivity contribution is 0.0767. The molecule has 0 aliphatic carbocycles. The fourth-order valence-electron chi connectivity index (χ4n) is 3.58. The average molecular weight is 352 g/mol. The van der Waals surface area contributed by atoms with E-state index in [2.05, 4.69) is 45.2 Å². The molecule has 1 aliphatic rings. The Kier molecular flexibility index (Phi) is 6.21. The molecule has 1 aliphatic heterocycles. The van der Waals surface area contributed by atoms with Crippen molar-refractivity contribution in [1.82, 2.24) is 14.9 Å². The topological polar surface area (TPSA) is 49.3 Å². The van der Waals surface area contributed by atoms with Crippen LogP contribution in [-0.4, -0.2) is 47.0 Å². The normalized spacial score (nSPS) is 15.1. The van der Waals surface area contributed by atoms with Crippen molar-refractivity contribution >= 4 is 11.9 Å². The molecule has 2 aromatic rings. The highest BCUT2D eigenvalue weighted by molar-refractivity contribution is 5.92. The van der Waals surface area contributed by atoms with Crippen molar-refractivity contribution in [2.75, 3.05) is 31.1 Å². The zero-order valence-electron chi connectivity index (χ0n) is 15.8. The van der Waals surface area contributed by atoms with Crippen LogP contribution in [0.2, 0.25) is 0 Å². The van der Waals surface area contributed by atoms with Gasteiger partial charge in [-0.3, -0.25) is 4.79 Å². The third kappa shape index (κ3) is 4.40. The molecule has 0 radical (unpaired) electrons. The minimum atomic E-state index is -0.0161. The Bertz CT molecular complexity index is 707. The number of hydrogen-bond acceptors (Lipinski definition) is 4. The number of benzene rings is 1. The number of nitrogens with zero attached hydrogens (tertiary/aromatic N) is 4. The van der Waals surface area contributed by atoms with Crippen LogP contribution in [0.5, 0.6) is 0 Å². The van der Waals surface area contributed by atoms with Gasteiger partial charge in [-0.05, 0) is 50.7 Å². The molecule has 0 bridgehead atoms. The van der Waals surface area contributed by atoms with Gasteiger partial charge in [-0.2, -0.15) is 0 Å². The maximum Gasteiger partial charge on any atom is 0.272 e. The molecule has 5 nitrogen and oxygen atoms in total. The summed E-state index contributed by atoms with van der Waals surface area (Å²) in [7, 11) is 0. The highest BCUT2D eigenvalue weighted by Crippen LogP contribution is 2.24. The van der Waals surface area contributed by atoms with Crippen molar-refractivity contribution in [3.05, 3.63) is 53.9 Å². The summed E-state index contributed by atoms with van der Waals surface area (Å²) in [4.78, 5) is 25.5. The first-order chi connectivity index (χ1) is 12.7. The fraction of sp³-hybridized carbons (Fsp3) is 0.476. The Labute approximate surface area is 156 Å². The van der Waals surface area contributed by atoms with E-state index >= 15 is 0 Å². The third-order valence-electron chi connectivity index (χ3n) is 5.18. The van der Waals surface area contributed by atoms with E-state index in [0.717, 1.165) is 32.4 Å². The molecule has 26 heavy (non-hydrogen) atoms. The fourth-order valence-corrected chi connectivity index (χ4v) is 3.58. The van der Waals surface area contributed by atoms with Gasteiger partial charge in [0.05, 0.1) is 0 Å². The van der Waals surface area contributed by atoms with Crippen LogP contribution in [0, 0.1) is 5.92 Å². The van der Waals surface area contributed by atoms with Crippen LogP contribution >= 0.6 is 0 Å². The van der Waals surface area contributed by atoms with E-state index in [1.54, 1.807) is 17.2 Å². The second-order valence-electron chi connectivity index (χ2n) is 6.84. The van der Waals surface area contributed by atoms with Gasteiger partial charge in [-0.15, -0.1) is 0 Å². The van der Waals surface area contributed by atoms with Crippen LogP contribution in [0.25, 0.3) is 0 Å². The smallest absolute Gasteiger partial charge is 0.272 e. The molecule has 5 heteroatoms. The van der Waals surface area contributed by atoms with Crippen molar-refractivity contribution in [3.8, 4) is 0 Å². The average Bonchev–Trinajstić information content (AvgIpc) is 2.70. The summed E-state index contributed by atoms with van der Waals surface area (Å²) in [5, 5.41) is 0. The lowest BCUT2D eigenvalue weighted by Crippen LogP contribution is -2.36. The van der Waals surface area contributed by atoms with Crippen LogP contribution in [0.15, 0.2) is 42.6 Å². The number of carbonyl (C=O) groups is 1. The maximum atomic E-state index is 12.5. The van der Waals surface area contributed by atoms with E-state index < -0.39 is 0 Å². The van der Waals surface area contributed by atoms with E-state index in [4.69, 9.17) is 0 Å². The van der Waals surface area contributed by atoms with E-state index in [9.17, 15) is 4.79 Å². The minimum Gasteiger partial charge on any atom is -0.341 e. The van der Waals surface area contributed by atoms with Gasteiger partial charge < -0.3 is 9.80 Å². The second kappa shape index (κ2) is 8.79. The van der Waals surface area contributed by atoms with E-state index in [-0.39, 0.29) is 5.91 Å². The molecule has 1 aromatic carbocycles. The maximum absolute atomic E-state index is 12.5. The number of amides is 1. The Morgan fingerprint density at radius 3 is 2.46 bits per heavy atom. The predicted molar refractivity (Wildman–Crippen MR) is 104 cm³/mol. The summed E-state index contributed by atoms with van der Waals surface area (Å²) in [6.45, 7) is 7.25. The predicted octanol–water partition coefficient (Wildman–Crippen LogP) is 3.42. The van der Waals surface area contributed by atoms with Gasteiger partial charge in [0.1, 0.15) is 5.69 Å². The highest BCUT2D eigenvalue weighted by atomic mass is 16.2. The summed E-state index contributed by atoms with van der Waals surface area (Å²) in [5.41, 5.74) is 1.90. The van der Waals surface area contributed by atoms with Gasteiger partial charge in [-0.1, -0.05) is 30.3 Å². The molecule has 0 unspecified atom stereocenters. The minimum absolute atomic E-state index is 0.0161. The van der Waals surface area contributed by atoms with Crippen LogP contribution < -0.4 is 4.90 Å². The molecule has 3 rings (SSSR count). The van der Waals surface area contributed by atoms with Crippen molar-refractivity contribution in [2.24, 2.45) is 5.92 Å². The van der Waals surface area contributed by atoms with E-state index in [1.165, 1.54) is 5.56 Å². The van der Waals surface area contributed by atoms with Crippen molar-refractivity contribution in [2.45, 2.75) is 33.1 Å². The van der Waals surface area contributed by atoms with Crippen LogP contribution in [0.3, 0.4) is 0 Å². The number of carbonyl (C=O) groups excluding carboxylic acids is 1. The first-order valence-corrected chi connectivity index (χ1v) is 9.62. The molecule has 138 valence electrons. The summed E-state index contributed by atoms with van der Waals surface area (Å²) in [5.74, 6) is 1.37. The van der Waals surface area contributed by atoms with Gasteiger partial charge in [0.2, 0.25) is 5.95 Å². The highest BCUT2D eigenvalue weighted by Gasteiger charge is 2.22.